The molecule has 0 aliphatic rings. The van der Waals surface area contributed by atoms with Crippen LogP contribution >= 0.6 is 0 Å². The van der Waals surface area contributed by atoms with Crippen LogP contribution in [-0.4, -0.2) is 18.2 Å². The molecule has 0 aliphatic heterocycles. The van der Waals surface area contributed by atoms with Gasteiger partial charge in [-0.25, -0.2) is 4.79 Å². The van der Waals surface area contributed by atoms with Crippen molar-refractivity contribution in [2.45, 2.75) is 19.8 Å². The minimum atomic E-state index is -0.936. The first kappa shape index (κ1) is 14.1. The van der Waals surface area contributed by atoms with E-state index in [2.05, 4.69) is 26.0 Å². The summed E-state index contributed by atoms with van der Waals surface area (Å²) in [5.74, 6) is 0.161. The Bertz CT molecular complexity index is 630. The van der Waals surface area contributed by atoms with E-state index in [9.17, 15) is 4.79 Å². The Morgan fingerprint density at radius 1 is 1.15 bits per heavy atom. The second-order valence-corrected chi connectivity index (χ2v) is 5.00. The van der Waals surface area contributed by atoms with E-state index in [-0.39, 0.29) is 5.56 Å². The number of methoxy groups -OCH3 is 1. The Labute approximate surface area is 118 Å². The quantitative estimate of drug-likeness (QED) is 0.906. The fourth-order valence-electron chi connectivity index (χ4n) is 2.13. The van der Waals surface area contributed by atoms with Crippen molar-refractivity contribution in [2.24, 2.45) is 0 Å². The summed E-state index contributed by atoms with van der Waals surface area (Å²) in [5, 5.41) is 9.12. The molecule has 0 saturated heterocycles. The topological polar surface area (TPSA) is 46.5 Å². The average molecular weight is 270 g/mol. The van der Waals surface area contributed by atoms with Crippen LogP contribution in [0.4, 0.5) is 0 Å². The summed E-state index contributed by atoms with van der Waals surface area (Å²) in [6, 6.07) is 13.0. The third-order valence-electron chi connectivity index (χ3n) is 3.31. The average Bonchev–Trinajstić information content (AvgIpc) is 2.46. The van der Waals surface area contributed by atoms with E-state index in [1.807, 2.05) is 12.1 Å². The summed E-state index contributed by atoms with van der Waals surface area (Å²) in [6.07, 6.45) is 0. The Morgan fingerprint density at radius 3 is 2.50 bits per heavy atom. The van der Waals surface area contributed by atoms with Crippen LogP contribution in [0.1, 0.15) is 35.7 Å². The van der Waals surface area contributed by atoms with Crippen LogP contribution in [0.2, 0.25) is 0 Å². The third-order valence-corrected chi connectivity index (χ3v) is 3.31. The molecule has 0 fully saturated rings. The highest BCUT2D eigenvalue weighted by Gasteiger charge is 2.11. The van der Waals surface area contributed by atoms with Gasteiger partial charge in [0.1, 0.15) is 5.75 Å². The van der Waals surface area contributed by atoms with Gasteiger partial charge in [-0.15, -0.1) is 0 Å². The van der Waals surface area contributed by atoms with E-state index in [0.29, 0.717) is 11.7 Å². The molecule has 3 nitrogen and oxygen atoms in total. The minimum absolute atomic E-state index is 0.260. The van der Waals surface area contributed by atoms with Crippen LogP contribution in [0.5, 0.6) is 5.75 Å². The van der Waals surface area contributed by atoms with E-state index in [1.165, 1.54) is 5.56 Å². The van der Waals surface area contributed by atoms with Crippen LogP contribution in [0.3, 0.4) is 0 Å². The molecule has 0 heterocycles. The smallest absolute Gasteiger partial charge is 0.335 e. The number of hydrogen-bond acceptors (Lipinski definition) is 2. The molecule has 0 radical (unpaired) electrons. The fraction of sp³-hybridized carbons (Fsp3) is 0.235. The maximum absolute atomic E-state index is 11.1. The van der Waals surface area contributed by atoms with E-state index in [4.69, 9.17) is 9.84 Å². The lowest BCUT2D eigenvalue weighted by molar-refractivity contribution is 0.0697. The summed E-state index contributed by atoms with van der Waals surface area (Å²) in [5.41, 5.74) is 3.24. The zero-order valence-electron chi connectivity index (χ0n) is 11.9. The van der Waals surface area contributed by atoms with Crippen LogP contribution in [0.15, 0.2) is 42.5 Å². The predicted molar refractivity (Wildman–Crippen MR) is 79.5 cm³/mol. The van der Waals surface area contributed by atoms with Gasteiger partial charge < -0.3 is 9.84 Å². The van der Waals surface area contributed by atoms with Gasteiger partial charge in [0.25, 0.3) is 0 Å². The van der Waals surface area contributed by atoms with Gasteiger partial charge in [-0.3, -0.25) is 0 Å². The van der Waals surface area contributed by atoms with Gasteiger partial charge in [-0.2, -0.15) is 0 Å². The van der Waals surface area contributed by atoms with Crippen molar-refractivity contribution in [1.82, 2.24) is 0 Å². The van der Waals surface area contributed by atoms with Gasteiger partial charge >= 0.3 is 5.97 Å². The zero-order chi connectivity index (χ0) is 14.7. The SMILES string of the molecule is COc1ccc(C(=O)O)cc1-c1cccc(C(C)C)c1. The monoisotopic (exact) mass is 270 g/mol. The maximum Gasteiger partial charge on any atom is 0.335 e. The molecular weight excluding hydrogens is 252 g/mol. The molecule has 0 saturated carbocycles. The van der Waals surface area contributed by atoms with Gasteiger partial charge in [-0.1, -0.05) is 38.1 Å². The molecule has 0 amide bonds. The molecule has 104 valence electrons. The van der Waals surface area contributed by atoms with E-state index in [1.54, 1.807) is 25.3 Å². The summed E-state index contributed by atoms with van der Waals surface area (Å²) < 4.78 is 5.34. The van der Waals surface area contributed by atoms with Crippen molar-refractivity contribution in [3.63, 3.8) is 0 Å². The second kappa shape index (κ2) is 5.78. The number of rotatable bonds is 4. The molecule has 3 heteroatoms. The highest BCUT2D eigenvalue weighted by molar-refractivity contribution is 5.90. The molecule has 2 aromatic carbocycles. The van der Waals surface area contributed by atoms with Crippen molar-refractivity contribution in [3.8, 4) is 16.9 Å². The van der Waals surface area contributed by atoms with E-state index in [0.717, 1.165) is 11.1 Å². The van der Waals surface area contributed by atoms with Crippen LogP contribution in [-0.2, 0) is 0 Å². The van der Waals surface area contributed by atoms with Crippen molar-refractivity contribution < 1.29 is 14.6 Å². The number of carbonyl (C=O) groups is 1. The van der Waals surface area contributed by atoms with Crippen LogP contribution in [0.25, 0.3) is 11.1 Å². The first-order valence-corrected chi connectivity index (χ1v) is 6.54. The van der Waals surface area contributed by atoms with Gasteiger partial charge in [0.2, 0.25) is 0 Å². The van der Waals surface area contributed by atoms with Gasteiger partial charge in [0, 0.05) is 5.56 Å². The first-order valence-electron chi connectivity index (χ1n) is 6.54. The number of ether oxygens (including phenoxy) is 1. The van der Waals surface area contributed by atoms with Crippen molar-refractivity contribution >= 4 is 5.97 Å². The molecule has 0 unspecified atom stereocenters. The lowest BCUT2D eigenvalue weighted by atomic mass is 9.96. The summed E-state index contributed by atoms with van der Waals surface area (Å²) >= 11 is 0. The number of hydrogen-bond donors (Lipinski definition) is 1. The standard InChI is InChI=1S/C17H18O3/c1-11(2)12-5-4-6-13(9-12)15-10-14(17(18)19)7-8-16(15)20-3/h4-11H,1-3H3,(H,18,19). The van der Waals surface area contributed by atoms with Gasteiger partial charge in [0.15, 0.2) is 0 Å². The Balaban J connectivity index is 2.57. The van der Waals surface area contributed by atoms with Crippen molar-refractivity contribution in [3.05, 3.63) is 53.6 Å². The molecule has 0 aliphatic carbocycles. The molecule has 0 atom stereocenters. The van der Waals surface area contributed by atoms with Crippen LogP contribution < -0.4 is 4.74 Å². The summed E-state index contributed by atoms with van der Waals surface area (Å²) in [7, 11) is 1.59. The summed E-state index contributed by atoms with van der Waals surface area (Å²) in [6.45, 7) is 4.26. The Kier molecular flexibility index (Phi) is 4.08. The second-order valence-electron chi connectivity index (χ2n) is 5.00. The van der Waals surface area contributed by atoms with Crippen LogP contribution in [0, 0.1) is 0 Å². The molecule has 0 aromatic heterocycles. The van der Waals surface area contributed by atoms with Gasteiger partial charge in [-0.05, 0) is 35.2 Å². The largest absolute Gasteiger partial charge is 0.496 e. The lowest BCUT2D eigenvalue weighted by Gasteiger charge is -2.12. The number of carboxylic acids is 1. The van der Waals surface area contributed by atoms with Crippen molar-refractivity contribution in [2.75, 3.05) is 7.11 Å². The molecular formula is C17H18O3. The molecule has 1 N–H and O–H groups in total. The number of aromatic carboxylic acids is 1. The summed E-state index contributed by atoms with van der Waals surface area (Å²) in [4.78, 5) is 11.1. The predicted octanol–water partition coefficient (Wildman–Crippen LogP) is 4.18. The normalized spacial score (nSPS) is 10.6. The highest BCUT2D eigenvalue weighted by Crippen LogP contribution is 2.32. The highest BCUT2D eigenvalue weighted by atomic mass is 16.5. The molecule has 2 aromatic rings. The maximum atomic E-state index is 11.1. The zero-order valence-corrected chi connectivity index (χ0v) is 11.9. The first-order chi connectivity index (χ1) is 9.52. The fourth-order valence-corrected chi connectivity index (χ4v) is 2.13. The van der Waals surface area contributed by atoms with Gasteiger partial charge in [0.05, 0.1) is 12.7 Å². The number of carboxylic acid groups (broad SMARTS) is 1. The Hall–Kier alpha value is -2.29. The third kappa shape index (κ3) is 2.82. The van der Waals surface area contributed by atoms with E-state index < -0.39 is 5.97 Å². The molecule has 2 rings (SSSR count). The van der Waals surface area contributed by atoms with Crippen molar-refractivity contribution in [1.29, 1.82) is 0 Å². The lowest BCUT2D eigenvalue weighted by Crippen LogP contribution is -1.98. The minimum Gasteiger partial charge on any atom is -0.496 e. The van der Waals surface area contributed by atoms with E-state index >= 15 is 0 Å². The number of benzene rings is 2. The molecule has 0 bridgehead atoms. The molecule has 0 spiro atoms. The Morgan fingerprint density at radius 2 is 1.90 bits per heavy atom. The molecule has 20 heavy (non-hydrogen) atoms.